The van der Waals surface area contributed by atoms with Gasteiger partial charge in [-0.1, -0.05) is 19.1 Å². The molecule has 1 rings (SSSR count). The van der Waals surface area contributed by atoms with E-state index in [0.29, 0.717) is 24.3 Å². The van der Waals surface area contributed by atoms with Crippen LogP contribution in [-0.4, -0.2) is 51.4 Å². The average Bonchev–Trinajstić information content (AvgIpc) is 2.38. The van der Waals surface area contributed by atoms with E-state index in [0.717, 1.165) is 18.5 Å². The molecular weight excluding hydrogens is 286 g/mol. The number of benzene rings is 1. The lowest BCUT2D eigenvalue weighted by molar-refractivity contribution is 0.356. The summed E-state index contributed by atoms with van der Waals surface area (Å²) in [6.45, 7) is 7.28. The first-order chi connectivity index (χ1) is 9.71. The van der Waals surface area contributed by atoms with Crippen molar-refractivity contribution in [3.8, 4) is 0 Å². The highest BCUT2D eigenvalue weighted by Crippen LogP contribution is 2.28. The van der Waals surface area contributed by atoms with Crippen LogP contribution in [0.3, 0.4) is 0 Å². The van der Waals surface area contributed by atoms with Crippen LogP contribution >= 0.6 is 0 Å². The van der Waals surface area contributed by atoms with Gasteiger partial charge in [0.15, 0.2) is 0 Å². The predicted octanol–water partition coefficient (Wildman–Crippen LogP) is 1.85. The highest BCUT2D eigenvalue weighted by Gasteiger charge is 2.27. The number of aryl methyl sites for hydroxylation is 2. The Morgan fingerprint density at radius 2 is 1.67 bits per heavy atom. The Labute approximate surface area is 128 Å². The number of nitrogens with two attached hydrogens (primary N) is 1. The van der Waals surface area contributed by atoms with E-state index < -0.39 is 10.0 Å². The van der Waals surface area contributed by atoms with Gasteiger partial charge in [-0.15, -0.1) is 0 Å². The van der Waals surface area contributed by atoms with Gasteiger partial charge in [-0.2, -0.15) is 4.31 Å². The molecule has 0 saturated carbocycles. The summed E-state index contributed by atoms with van der Waals surface area (Å²) in [5, 5.41) is 0. The van der Waals surface area contributed by atoms with E-state index in [-0.39, 0.29) is 4.90 Å². The minimum Gasteiger partial charge on any atom is -0.397 e. The molecule has 0 aromatic heterocycles. The fourth-order valence-electron chi connectivity index (χ4n) is 2.29. The number of nitrogen functional groups attached to an aromatic ring is 1. The van der Waals surface area contributed by atoms with E-state index >= 15 is 0 Å². The molecule has 5 nitrogen and oxygen atoms in total. The molecule has 0 spiro atoms. The van der Waals surface area contributed by atoms with Gasteiger partial charge >= 0.3 is 0 Å². The lowest BCUT2D eigenvalue weighted by Gasteiger charge is -2.23. The fraction of sp³-hybridized carbons (Fsp3) is 0.600. The number of hydrogen-bond donors (Lipinski definition) is 1. The Balaban J connectivity index is 3.11. The van der Waals surface area contributed by atoms with Crippen molar-refractivity contribution in [2.75, 3.05) is 39.5 Å². The van der Waals surface area contributed by atoms with Crippen molar-refractivity contribution in [2.45, 2.75) is 32.1 Å². The van der Waals surface area contributed by atoms with Crippen LogP contribution in [0, 0.1) is 13.8 Å². The van der Waals surface area contributed by atoms with Crippen molar-refractivity contribution in [3.63, 3.8) is 0 Å². The van der Waals surface area contributed by atoms with Gasteiger partial charge < -0.3 is 10.6 Å². The van der Waals surface area contributed by atoms with Crippen molar-refractivity contribution >= 4 is 15.7 Å². The molecule has 0 aliphatic rings. The summed E-state index contributed by atoms with van der Waals surface area (Å²) in [6, 6.07) is 3.66. The van der Waals surface area contributed by atoms with E-state index in [1.165, 1.54) is 4.31 Å². The van der Waals surface area contributed by atoms with Crippen LogP contribution in [0.5, 0.6) is 0 Å². The Morgan fingerprint density at radius 1 is 1.10 bits per heavy atom. The van der Waals surface area contributed by atoms with Crippen LogP contribution in [0.25, 0.3) is 0 Å². The van der Waals surface area contributed by atoms with Gasteiger partial charge in [-0.25, -0.2) is 8.42 Å². The van der Waals surface area contributed by atoms with Gasteiger partial charge in [0.1, 0.15) is 4.90 Å². The van der Waals surface area contributed by atoms with Crippen molar-refractivity contribution in [1.29, 1.82) is 0 Å². The SMILES string of the molecule is CCN(CCCN(C)C)S(=O)(=O)c1c(C)ccc(C)c1N. The van der Waals surface area contributed by atoms with E-state index in [1.54, 1.807) is 6.92 Å². The maximum atomic E-state index is 12.9. The molecule has 2 N–H and O–H groups in total. The number of rotatable bonds is 7. The average molecular weight is 313 g/mol. The van der Waals surface area contributed by atoms with E-state index in [4.69, 9.17) is 5.73 Å². The van der Waals surface area contributed by atoms with Crippen LogP contribution < -0.4 is 5.73 Å². The van der Waals surface area contributed by atoms with Crippen LogP contribution in [-0.2, 0) is 10.0 Å². The molecule has 1 aromatic carbocycles. The molecule has 0 radical (unpaired) electrons. The Morgan fingerprint density at radius 3 is 2.19 bits per heavy atom. The minimum atomic E-state index is -3.54. The summed E-state index contributed by atoms with van der Waals surface area (Å²) in [4.78, 5) is 2.31. The number of anilines is 1. The van der Waals surface area contributed by atoms with Crippen LogP contribution in [0.4, 0.5) is 5.69 Å². The topological polar surface area (TPSA) is 66.6 Å². The molecule has 0 aliphatic heterocycles. The summed E-state index contributed by atoms with van der Waals surface area (Å²) in [7, 11) is 0.416. The Hall–Kier alpha value is -1.11. The van der Waals surface area contributed by atoms with Gasteiger partial charge in [-0.05, 0) is 52.0 Å². The summed E-state index contributed by atoms with van der Waals surface area (Å²) in [6.07, 6.45) is 0.796. The minimum absolute atomic E-state index is 0.259. The summed E-state index contributed by atoms with van der Waals surface area (Å²) in [5.74, 6) is 0. The van der Waals surface area contributed by atoms with Gasteiger partial charge in [-0.3, -0.25) is 0 Å². The second-order valence-corrected chi connectivity index (χ2v) is 7.47. The normalized spacial score (nSPS) is 12.3. The zero-order valence-corrected chi connectivity index (χ0v) is 14.5. The van der Waals surface area contributed by atoms with Crippen molar-refractivity contribution < 1.29 is 8.42 Å². The molecule has 120 valence electrons. The molecular formula is C15H27N3O2S. The lowest BCUT2D eigenvalue weighted by Crippen LogP contribution is -2.34. The molecule has 0 heterocycles. The van der Waals surface area contributed by atoms with Gasteiger partial charge in [0.25, 0.3) is 0 Å². The van der Waals surface area contributed by atoms with E-state index in [9.17, 15) is 8.42 Å². The molecule has 6 heteroatoms. The summed E-state index contributed by atoms with van der Waals surface area (Å²) < 4.78 is 27.2. The highest BCUT2D eigenvalue weighted by atomic mass is 32.2. The van der Waals surface area contributed by atoms with E-state index in [2.05, 4.69) is 0 Å². The molecule has 0 unspecified atom stereocenters. The first-order valence-electron chi connectivity index (χ1n) is 7.22. The van der Waals surface area contributed by atoms with Gasteiger partial charge in [0.05, 0.1) is 5.69 Å². The molecule has 0 atom stereocenters. The third kappa shape index (κ3) is 4.18. The van der Waals surface area contributed by atoms with Gasteiger partial charge in [0.2, 0.25) is 10.0 Å². The first-order valence-corrected chi connectivity index (χ1v) is 8.66. The maximum absolute atomic E-state index is 12.9. The third-order valence-corrected chi connectivity index (χ3v) is 5.75. The monoisotopic (exact) mass is 313 g/mol. The Kier molecular flexibility index (Phi) is 6.19. The zero-order chi connectivity index (χ0) is 16.2. The number of hydrogen-bond acceptors (Lipinski definition) is 4. The van der Waals surface area contributed by atoms with Gasteiger partial charge in [0, 0.05) is 13.1 Å². The third-order valence-electron chi connectivity index (χ3n) is 3.57. The second-order valence-electron chi connectivity index (χ2n) is 5.60. The maximum Gasteiger partial charge on any atom is 0.245 e. The summed E-state index contributed by atoms with van der Waals surface area (Å²) in [5.41, 5.74) is 7.88. The number of sulfonamides is 1. The van der Waals surface area contributed by atoms with Crippen LogP contribution in [0.2, 0.25) is 0 Å². The van der Waals surface area contributed by atoms with Crippen molar-refractivity contribution in [3.05, 3.63) is 23.3 Å². The largest absolute Gasteiger partial charge is 0.397 e. The lowest BCUT2D eigenvalue weighted by atomic mass is 10.1. The molecule has 0 saturated heterocycles. The highest BCUT2D eigenvalue weighted by molar-refractivity contribution is 7.89. The van der Waals surface area contributed by atoms with Crippen molar-refractivity contribution in [1.82, 2.24) is 9.21 Å². The second kappa shape index (κ2) is 7.24. The molecule has 0 bridgehead atoms. The van der Waals surface area contributed by atoms with Crippen LogP contribution in [0.1, 0.15) is 24.5 Å². The standard InChI is InChI=1S/C15H27N3O2S/c1-6-18(11-7-10-17(4)5)21(19,20)15-13(3)9-8-12(2)14(15)16/h8-9H,6-7,10-11,16H2,1-5H3. The van der Waals surface area contributed by atoms with Crippen molar-refractivity contribution in [2.24, 2.45) is 0 Å². The Bertz CT molecular complexity index is 583. The zero-order valence-electron chi connectivity index (χ0n) is 13.7. The molecule has 0 fully saturated rings. The van der Waals surface area contributed by atoms with Crippen LogP contribution in [0.15, 0.2) is 17.0 Å². The summed E-state index contributed by atoms with van der Waals surface area (Å²) >= 11 is 0. The molecule has 1 aromatic rings. The first kappa shape index (κ1) is 17.9. The smallest absolute Gasteiger partial charge is 0.245 e. The molecule has 0 aliphatic carbocycles. The quantitative estimate of drug-likeness (QED) is 0.780. The molecule has 21 heavy (non-hydrogen) atoms. The predicted molar refractivity (Wildman–Crippen MR) is 87.9 cm³/mol. The molecule has 0 amide bonds. The fourth-order valence-corrected chi connectivity index (χ4v) is 4.17. The van der Waals surface area contributed by atoms with E-state index in [1.807, 2.05) is 45.0 Å². The number of nitrogens with zero attached hydrogens (tertiary/aromatic N) is 2.